The molecule has 0 N–H and O–H groups in total. The molecule has 1 aromatic rings. The number of carbonyl (C=O) groups is 1. The Morgan fingerprint density at radius 2 is 1.79 bits per heavy atom. The van der Waals surface area contributed by atoms with Gasteiger partial charge in [0.1, 0.15) is 0 Å². The molecule has 0 heterocycles. The van der Waals surface area contributed by atoms with Crippen LogP contribution in [0.15, 0.2) is 30.3 Å². The Labute approximate surface area is 116 Å². The molecule has 0 amide bonds. The molecule has 0 aliphatic rings. The summed E-state index contributed by atoms with van der Waals surface area (Å²) in [6.07, 6.45) is 0.732. The fourth-order valence-electron chi connectivity index (χ4n) is 1.62. The van der Waals surface area contributed by atoms with Gasteiger partial charge in [-0.15, -0.1) is 5.92 Å². The molecule has 1 unspecified atom stereocenters. The van der Waals surface area contributed by atoms with E-state index in [1.807, 2.05) is 58.0 Å². The van der Waals surface area contributed by atoms with Gasteiger partial charge in [0.2, 0.25) is 0 Å². The quantitative estimate of drug-likeness (QED) is 0.604. The van der Waals surface area contributed by atoms with E-state index < -0.39 is 11.0 Å². The Hall–Kier alpha value is -1.75. The highest BCUT2D eigenvalue weighted by Crippen LogP contribution is 2.30. The third-order valence-corrected chi connectivity index (χ3v) is 3.42. The van der Waals surface area contributed by atoms with Crippen LogP contribution in [0.1, 0.15) is 46.6 Å². The van der Waals surface area contributed by atoms with E-state index in [1.54, 1.807) is 6.92 Å². The lowest BCUT2D eigenvalue weighted by Gasteiger charge is -2.30. The summed E-state index contributed by atoms with van der Waals surface area (Å²) in [4.78, 5) is 12.3. The summed E-state index contributed by atoms with van der Waals surface area (Å²) in [5.41, 5.74) is -0.491. The first-order valence-electron chi connectivity index (χ1n) is 6.58. The first-order valence-corrected chi connectivity index (χ1v) is 6.58. The summed E-state index contributed by atoms with van der Waals surface area (Å²) in [6, 6.07) is 9.63. The van der Waals surface area contributed by atoms with Crippen LogP contribution in [0.3, 0.4) is 0 Å². The predicted octanol–water partition coefficient (Wildman–Crippen LogP) is 3.90. The fraction of sp³-hybridized carbons (Fsp3) is 0.471. The highest BCUT2D eigenvalue weighted by molar-refractivity contribution is 5.76. The van der Waals surface area contributed by atoms with Crippen molar-refractivity contribution in [1.29, 1.82) is 0 Å². The number of esters is 1. The highest BCUT2D eigenvalue weighted by Gasteiger charge is 2.35. The van der Waals surface area contributed by atoms with Gasteiger partial charge in [0.05, 0.1) is 5.41 Å². The third-order valence-electron chi connectivity index (χ3n) is 3.42. The van der Waals surface area contributed by atoms with Crippen molar-refractivity contribution >= 4 is 5.97 Å². The first-order chi connectivity index (χ1) is 8.85. The average molecular weight is 258 g/mol. The third kappa shape index (κ3) is 3.61. The molecule has 102 valence electrons. The molecule has 0 aromatic heterocycles. The van der Waals surface area contributed by atoms with Crippen molar-refractivity contribution in [3.05, 3.63) is 35.9 Å². The topological polar surface area (TPSA) is 26.3 Å². The molecule has 0 saturated heterocycles. The molecule has 0 spiro atoms. The molecule has 0 radical (unpaired) electrons. The molecule has 19 heavy (non-hydrogen) atoms. The van der Waals surface area contributed by atoms with E-state index in [9.17, 15) is 4.79 Å². The van der Waals surface area contributed by atoms with Crippen LogP contribution in [0.2, 0.25) is 0 Å². The zero-order valence-corrected chi connectivity index (χ0v) is 12.4. The molecule has 0 aliphatic carbocycles. The molecule has 2 nitrogen and oxygen atoms in total. The summed E-state index contributed by atoms with van der Waals surface area (Å²) in [5, 5.41) is 0. The van der Waals surface area contributed by atoms with Crippen molar-refractivity contribution in [2.45, 2.75) is 46.6 Å². The summed E-state index contributed by atoms with van der Waals surface area (Å²) in [7, 11) is 0. The molecular formula is C17H22O2. The van der Waals surface area contributed by atoms with Crippen LogP contribution in [0.4, 0.5) is 0 Å². The molecule has 1 atom stereocenters. The predicted molar refractivity (Wildman–Crippen MR) is 77.4 cm³/mol. The second kappa shape index (κ2) is 5.93. The normalized spacial score (nSPS) is 13.9. The van der Waals surface area contributed by atoms with E-state index in [0.29, 0.717) is 0 Å². The Bertz CT molecular complexity index is 491. The van der Waals surface area contributed by atoms with E-state index in [1.165, 1.54) is 0 Å². The number of ether oxygens (including phenoxy) is 1. The maximum absolute atomic E-state index is 12.3. The van der Waals surface area contributed by atoms with Crippen LogP contribution in [0.25, 0.3) is 0 Å². The summed E-state index contributed by atoms with van der Waals surface area (Å²) in [5.74, 6) is 5.65. The molecule has 0 fully saturated rings. The second-order valence-electron chi connectivity index (χ2n) is 5.40. The standard InChI is InChI=1S/C17H22O2/c1-6-13-17(5,14-11-9-8-10-12-14)19-15(18)16(3,4)7-2/h8-12H,7H2,1-5H3. The van der Waals surface area contributed by atoms with Gasteiger partial charge >= 0.3 is 5.97 Å². The molecule has 0 bridgehead atoms. The smallest absolute Gasteiger partial charge is 0.313 e. The van der Waals surface area contributed by atoms with E-state index in [0.717, 1.165) is 12.0 Å². The Morgan fingerprint density at radius 3 is 2.26 bits per heavy atom. The van der Waals surface area contributed by atoms with E-state index in [2.05, 4.69) is 11.8 Å². The van der Waals surface area contributed by atoms with Gasteiger partial charge in [0.15, 0.2) is 5.60 Å². The molecule has 1 aromatic carbocycles. The van der Waals surface area contributed by atoms with Gasteiger partial charge in [-0.05, 0) is 34.1 Å². The van der Waals surface area contributed by atoms with Crippen LogP contribution >= 0.6 is 0 Å². The van der Waals surface area contributed by atoms with Crippen LogP contribution in [0, 0.1) is 17.3 Å². The Morgan fingerprint density at radius 1 is 1.21 bits per heavy atom. The average Bonchev–Trinajstić information content (AvgIpc) is 2.40. The zero-order chi connectivity index (χ0) is 14.5. The van der Waals surface area contributed by atoms with Crippen molar-refractivity contribution in [1.82, 2.24) is 0 Å². The highest BCUT2D eigenvalue weighted by atomic mass is 16.6. The van der Waals surface area contributed by atoms with Gasteiger partial charge in [0.25, 0.3) is 0 Å². The minimum atomic E-state index is -0.889. The lowest BCUT2D eigenvalue weighted by atomic mass is 9.89. The summed E-state index contributed by atoms with van der Waals surface area (Å²) in [6.45, 7) is 9.34. The van der Waals surface area contributed by atoms with Crippen LogP contribution in [-0.4, -0.2) is 5.97 Å². The molecule has 2 heteroatoms. The largest absolute Gasteiger partial charge is 0.441 e. The van der Waals surface area contributed by atoms with Crippen molar-refractivity contribution in [2.75, 3.05) is 0 Å². The summed E-state index contributed by atoms with van der Waals surface area (Å²) >= 11 is 0. The lowest BCUT2D eigenvalue weighted by Crippen LogP contribution is -2.35. The van der Waals surface area contributed by atoms with Gasteiger partial charge < -0.3 is 4.74 Å². The van der Waals surface area contributed by atoms with Crippen molar-refractivity contribution in [2.24, 2.45) is 5.41 Å². The molecule has 0 saturated carbocycles. The van der Waals surface area contributed by atoms with Gasteiger partial charge in [-0.2, -0.15) is 0 Å². The maximum atomic E-state index is 12.3. The fourth-order valence-corrected chi connectivity index (χ4v) is 1.62. The molecule has 0 aliphatic heterocycles. The van der Waals surface area contributed by atoms with Gasteiger partial charge in [-0.25, -0.2) is 0 Å². The minimum Gasteiger partial charge on any atom is -0.441 e. The van der Waals surface area contributed by atoms with Crippen molar-refractivity contribution in [3.8, 4) is 11.8 Å². The van der Waals surface area contributed by atoms with Crippen molar-refractivity contribution < 1.29 is 9.53 Å². The van der Waals surface area contributed by atoms with Crippen LogP contribution < -0.4 is 0 Å². The first kappa shape index (κ1) is 15.3. The van der Waals surface area contributed by atoms with Crippen molar-refractivity contribution in [3.63, 3.8) is 0 Å². The van der Waals surface area contributed by atoms with E-state index in [4.69, 9.17) is 4.74 Å². The number of benzene rings is 1. The SMILES string of the molecule is CC#CC(C)(OC(=O)C(C)(C)CC)c1ccccc1. The zero-order valence-electron chi connectivity index (χ0n) is 12.4. The molecular weight excluding hydrogens is 236 g/mol. The Balaban J connectivity index is 3.08. The van der Waals surface area contributed by atoms with Crippen LogP contribution in [-0.2, 0) is 15.1 Å². The maximum Gasteiger partial charge on any atom is 0.313 e. The second-order valence-corrected chi connectivity index (χ2v) is 5.40. The minimum absolute atomic E-state index is 0.218. The van der Waals surface area contributed by atoms with E-state index >= 15 is 0 Å². The van der Waals surface area contributed by atoms with E-state index in [-0.39, 0.29) is 5.97 Å². The molecule has 1 rings (SSSR count). The number of rotatable bonds is 4. The van der Waals surface area contributed by atoms with Gasteiger partial charge in [-0.3, -0.25) is 4.79 Å². The Kier molecular flexibility index (Phi) is 4.78. The van der Waals surface area contributed by atoms with Crippen LogP contribution in [0.5, 0.6) is 0 Å². The van der Waals surface area contributed by atoms with Gasteiger partial charge in [-0.1, -0.05) is 43.2 Å². The number of hydrogen-bond acceptors (Lipinski definition) is 2. The summed E-state index contributed by atoms with van der Waals surface area (Å²) < 4.78 is 5.71. The van der Waals surface area contributed by atoms with Gasteiger partial charge in [0, 0.05) is 5.56 Å². The lowest BCUT2D eigenvalue weighted by molar-refractivity contribution is -0.164. The monoisotopic (exact) mass is 258 g/mol. The number of carbonyl (C=O) groups excluding carboxylic acids is 1. The number of hydrogen-bond donors (Lipinski definition) is 0.